The summed E-state index contributed by atoms with van der Waals surface area (Å²) in [6.45, 7) is 1.82. The van der Waals surface area contributed by atoms with E-state index in [1.165, 1.54) is 16.0 Å². The minimum atomic E-state index is -1.06. The highest BCUT2D eigenvalue weighted by Gasteiger charge is 2.29. The van der Waals surface area contributed by atoms with Gasteiger partial charge in [-0.25, -0.2) is 0 Å². The molecule has 0 aromatic heterocycles. The van der Waals surface area contributed by atoms with Gasteiger partial charge >= 0.3 is 11.9 Å². The Morgan fingerprint density at radius 1 is 1.00 bits per heavy atom. The summed E-state index contributed by atoms with van der Waals surface area (Å²) in [4.78, 5) is 36.2. The van der Waals surface area contributed by atoms with E-state index in [9.17, 15) is 14.4 Å². The normalized spacial score (nSPS) is 12.2. The van der Waals surface area contributed by atoms with Gasteiger partial charge in [-0.2, -0.15) is 0 Å². The van der Waals surface area contributed by atoms with Crippen LogP contribution in [0.3, 0.4) is 0 Å². The molecule has 0 fully saturated rings. The molecule has 0 spiro atoms. The average molecular weight is 395 g/mol. The van der Waals surface area contributed by atoms with Crippen LogP contribution < -0.4 is 0 Å². The van der Waals surface area contributed by atoms with Crippen molar-refractivity contribution in [2.75, 3.05) is 19.7 Å². The van der Waals surface area contributed by atoms with Crippen LogP contribution in [0.1, 0.15) is 43.2 Å². The number of hydrogen-bond donors (Lipinski definition) is 1. The minimum Gasteiger partial charge on any atom is -0.480 e. The fourth-order valence-corrected chi connectivity index (χ4v) is 3.78. The molecule has 0 radical (unpaired) electrons. The molecule has 0 aliphatic heterocycles. The molecule has 1 N–H and O–H groups in total. The first-order valence-electron chi connectivity index (χ1n) is 9.84. The monoisotopic (exact) mass is 395 g/mol. The van der Waals surface area contributed by atoms with Crippen LogP contribution in [0.15, 0.2) is 48.5 Å². The van der Waals surface area contributed by atoms with Crippen LogP contribution in [-0.4, -0.2) is 47.5 Å². The van der Waals surface area contributed by atoms with Crippen molar-refractivity contribution >= 4 is 17.8 Å². The zero-order valence-electron chi connectivity index (χ0n) is 16.5. The van der Waals surface area contributed by atoms with Crippen molar-refractivity contribution in [2.45, 2.75) is 32.1 Å². The summed E-state index contributed by atoms with van der Waals surface area (Å²) in [6, 6.07) is 16.3. The molecule has 2 aromatic carbocycles. The second-order valence-corrected chi connectivity index (χ2v) is 7.08. The van der Waals surface area contributed by atoms with Gasteiger partial charge in [-0.05, 0) is 28.7 Å². The van der Waals surface area contributed by atoms with Crippen LogP contribution in [-0.2, 0) is 19.1 Å². The fraction of sp³-hybridized carbons (Fsp3) is 0.348. The van der Waals surface area contributed by atoms with E-state index in [0.29, 0.717) is 6.42 Å². The van der Waals surface area contributed by atoms with Crippen molar-refractivity contribution in [3.05, 3.63) is 59.7 Å². The Bertz CT molecular complexity index is 862. The third kappa shape index (κ3) is 4.83. The first-order chi connectivity index (χ1) is 14.0. The number of aliphatic carboxylic acids is 1. The van der Waals surface area contributed by atoms with E-state index in [-0.39, 0.29) is 50.3 Å². The number of esters is 1. The van der Waals surface area contributed by atoms with Gasteiger partial charge in [0.2, 0.25) is 5.91 Å². The molecule has 1 aliphatic carbocycles. The molecular formula is C23H25NO5. The summed E-state index contributed by atoms with van der Waals surface area (Å²) in [5.41, 5.74) is 4.66. The van der Waals surface area contributed by atoms with Gasteiger partial charge in [0.1, 0.15) is 13.2 Å². The van der Waals surface area contributed by atoms with Gasteiger partial charge in [-0.3, -0.25) is 14.4 Å². The van der Waals surface area contributed by atoms with Gasteiger partial charge < -0.3 is 14.7 Å². The van der Waals surface area contributed by atoms with Crippen molar-refractivity contribution < 1.29 is 24.2 Å². The largest absolute Gasteiger partial charge is 0.480 e. The molecule has 6 nitrogen and oxygen atoms in total. The third-order valence-electron chi connectivity index (χ3n) is 5.16. The standard InChI is InChI=1S/C23H25NO5/c1-2-21(25)24(14-22(26)27)13-7-12-23(28)29-15-20-18-10-5-3-8-16(18)17-9-4-6-11-19(17)20/h3-6,8-11,20H,2,7,12-15H2,1H3,(H,26,27). The van der Waals surface area contributed by atoms with E-state index in [1.807, 2.05) is 24.3 Å². The zero-order valence-corrected chi connectivity index (χ0v) is 16.5. The molecule has 1 aliphatic rings. The van der Waals surface area contributed by atoms with Crippen LogP contribution in [0.25, 0.3) is 11.1 Å². The lowest BCUT2D eigenvalue weighted by Crippen LogP contribution is -2.36. The van der Waals surface area contributed by atoms with E-state index in [4.69, 9.17) is 9.84 Å². The number of carboxylic acid groups (broad SMARTS) is 1. The molecule has 6 heteroatoms. The van der Waals surface area contributed by atoms with Crippen LogP contribution in [0, 0.1) is 0 Å². The summed E-state index contributed by atoms with van der Waals surface area (Å²) in [6.07, 6.45) is 0.747. The molecule has 29 heavy (non-hydrogen) atoms. The molecule has 3 rings (SSSR count). The Morgan fingerprint density at radius 2 is 1.59 bits per heavy atom. The van der Waals surface area contributed by atoms with Crippen LogP contribution >= 0.6 is 0 Å². The minimum absolute atomic E-state index is 0.0107. The Morgan fingerprint density at radius 3 is 2.14 bits per heavy atom. The number of benzene rings is 2. The maximum Gasteiger partial charge on any atom is 0.323 e. The molecule has 0 unspecified atom stereocenters. The van der Waals surface area contributed by atoms with E-state index in [2.05, 4.69) is 24.3 Å². The number of rotatable bonds is 9. The molecule has 0 atom stereocenters. The summed E-state index contributed by atoms with van der Waals surface area (Å²) < 4.78 is 5.53. The third-order valence-corrected chi connectivity index (χ3v) is 5.16. The highest BCUT2D eigenvalue weighted by Crippen LogP contribution is 2.44. The van der Waals surface area contributed by atoms with E-state index < -0.39 is 5.97 Å². The Balaban J connectivity index is 1.55. The first kappa shape index (κ1) is 20.6. The molecule has 2 aromatic rings. The maximum absolute atomic E-state index is 12.2. The van der Waals surface area contributed by atoms with E-state index in [1.54, 1.807) is 6.92 Å². The number of carbonyl (C=O) groups is 3. The SMILES string of the molecule is CCC(=O)N(CCCC(=O)OCC1c2ccccc2-c2ccccc21)CC(=O)O. The topological polar surface area (TPSA) is 83.9 Å². The van der Waals surface area contributed by atoms with Crippen LogP contribution in [0.5, 0.6) is 0 Å². The summed E-state index contributed by atoms with van der Waals surface area (Å²) in [5, 5.41) is 8.92. The summed E-state index contributed by atoms with van der Waals surface area (Å²) >= 11 is 0. The van der Waals surface area contributed by atoms with Gasteiger partial charge in [0.25, 0.3) is 0 Å². The molecule has 1 amide bonds. The van der Waals surface area contributed by atoms with Crippen molar-refractivity contribution in [1.29, 1.82) is 0 Å². The van der Waals surface area contributed by atoms with Crippen molar-refractivity contribution in [1.82, 2.24) is 4.90 Å². The molecule has 0 bridgehead atoms. The summed E-state index contributed by atoms with van der Waals surface area (Å²) in [5.74, 6) is -1.63. The first-order valence-corrected chi connectivity index (χ1v) is 9.84. The van der Waals surface area contributed by atoms with Crippen molar-refractivity contribution in [3.8, 4) is 11.1 Å². The molecule has 0 heterocycles. The number of ether oxygens (including phenoxy) is 1. The molecule has 0 saturated carbocycles. The van der Waals surface area contributed by atoms with Gasteiger partial charge in [0.15, 0.2) is 0 Å². The lowest BCUT2D eigenvalue weighted by Gasteiger charge is -2.20. The molecule has 152 valence electrons. The summed E-state index contributed by atoms with van der Waals surface area (Å²) in [7, 11) is 0. The Kier molecular flexibility index (Phi) is 6.65. The van der Waals surface area contributed by atoms with Gasteiger partial charge in [-0.15, -0.1) is 0 Å². The lowest BCUT2D eigenvalue weighted by atomic mass is 9.98. The number of nitrogens with zero attached hydrogens (tertiary/aromatic N) is 1. The number of hydrogen-bond acceptors (Lipinski definition) is 4. The quantitative estimate of drug-likeness (QED) is 0.658. The van der Waals surface area contributed by atoms with Crippen LogP contribution in [0.2, 0.25) is 0 Å². The molecular weight excluding hydrogens is 370 g/mol. The van der Waals surface area contributed by atoms with Gasteiger partial charge in [0.05, 0.1) is 0 Å². The lowest BCUT2D eigenvalue weighted by molar-refractivity contribution is -0.145. The second kappa shape index (κ2) is 9.37. The second-order valence-electron chi connectivity index (χ2n) is 7.08. The van der Waals surface area contributed by atoms with Crippen molar-refractivity contribution in [3.63, 3.8) is 0 Å². The number of carboxylic acids is 1. The Labute approximate surface area is 170 Å². The maximum atomic E-state index is 12.2. The fourth-order valence-electron chi connectivity index (χ4n) is 3.78. The number of fused-ring (bicyclic) bond motifs is 3. The van der Waals surface area contributed by atoms with E-state index >= 15 is 0 Å². The number of amides is 1. The zero-order chi connectivity index (χ0) is 20.8. The average Bonchev–Trinajstić information content (AvgIpc) is 3.04. The van der Waals surface area contributed by atoms with E-state index in [0.717, 1.165) is 11.1 Å². The Hall–Kier alpha value is -3.15. The predicted molar refractivity (Wildman–Crippen MR) is 108 cm³/mol. The number of carbonyl (C=O) groups excluding carboxylic acids is 2. The smallest absolute Gasteiger partial charge is 0.323 e. The van der Waals surface area contributed by atoms with Gasteiger partial charge in [0, 0.05) is 25.3 Å². The highest BCUT2D eigenvalue weighted by atomic mass is 16.5. The van der Waals surface area contributed by atoms with Gasteiger partial charge in [-0.1, -0.05) is 55.5 Å². The molecule has 0 saturated heterocycles. The predicted octanol–water partition coefficient (Wildman–Crippen LogP) is 3.45. The highest BCUT2D eigenvalue weighted by molar-refractivity contribution is 5.81. The van der Waals surface area contributed by atoms with Crippen molar-refractivity contribution in [2.24, 2.45) is 0 Å². The van der Waals surface area contributed by atoms with Crippen LogP contribution in [0.4, 0.5) is 0 Å².